The van der Waals surface area contributed by atoms with Gasteiger partial charge in [0.2, 0.25) is 5.91 Å². The standard InChI is InChI=1S/C20H30N4O3S/c1-14(25)21-13-17-7-8-18(28-17)19(26)24-11-9-16(10-12-24)23-20(27)22-15-5-3-2-4-6-15/h7-8,15-16H,2-6,9-13H2,1H3,(H,21,25)(H2,22,23,27). The molecule has 2 aliphatic rings. The van der Waals surface area contributed by atoms with E-state index in [9.17, 15) is 14.4 Å². The number of urea groups is 1. The molecule has 1 aliphatic heterocycles. The van der Waals surface area contributed by atoms with Crippen molar-refractivity contribution in [1.82, 2.24) is 20.9 Å². The molecule has 3 N–H and O–H groups in total. The van der Waals surface area contributed by atoms with Crippen LogP contribution in [0.4, 0.5) is 4.79 Å². The highest BCUT2D eigenvalue weighted by Gasteiger charge is 2.26. The fourth-order valence-electron chi connectivity index (χ4n) is 3.84. The van der Waals surface area contributed by atoms with Crippen LogP contribution in [0.25, 0.3) is 0 Å². The number of carbonyl (C=O) groups excluding carboxylic acids is 3. The SMILES string of the molecule is CC(=O)NCc1ccc(C(=O)N2CCC(NC(=O)NC3CCCCC3)CC2)s1. The zero-order valence-corrected chi connectivity index (χ0v) is 17.3. The van der Waals surface area contributed by atoms with E-state index in [0.717, 1.165) is 30.6 Å². The maximum Gasteiger partial charge on any atom is 0.315 e. The Morgan fingerprint density at radius 2 is 1.64 bits per heavy atom. The van der Waals surface area contributed by atoms with Gasteiger partial charge in [-0.25, -0.2) is 4.79 Å². The van der Waals surface area contributed by atoms with Crippen molar-refractivity contribution in [3.63, 3.8) is 0 Å². The summed E-state index contributed by atoms with van der Waals surface area (Å²) >= 11 is 1.42. The molecule has 1 saturated carbocycles. The van der Waals surface area contributed by atoms with Crippen molar-refractivity contribution in [3.05, 3.63) is 21.9 Å². The van der Waals surface area contributed by atoms with Crippen LogP contribution >= 0.6 is 11.3 Å². The van der Waals surface area contributed by atoms with Crippen LogP contribution in [-0.4, -0.2) is 47.9 Å². The first-order valence-corrected chi connectivity index (χ1v) is 11.0. The number of carbonyl (C=O) groups is 3. The van der Waals surface area contributed by atoms with Gasteiger partial charge in [0.15, 0.2) is 0 Å². The first-order chi connectivity index (χ1) is 13.5. The van der Waals surface area contributed by atoms with Gasteiger partial charge in [-0.15, -0.1) is 11.3 Å². The Labute approximate surface area is 170 Å². The van der Waals surface area contributed by atoms with Crippen molar-refractivity contribution in [2.45, 2.75) is 70.5 Å². The second kappa shape index (κ2) is 9.91. The smallest absolute Gasteiger partial charge is 0.315 e. The molecule has 28 heavy (non-hydrogen) atoms. The fourth-order valence-corrected chi connectivity index (χ4v) is 4.76. The number of nitrogens with zero attached hydrogens (tertiary/aromatic N) is 1. The predicted octanol–water partition coefficient (Wildman–Crippen LogP) is 2.62. The van der Waals surface area contributed by atoms with Gasteiger partial charge in [-0.05, 0) is 37.8 Å². The molecule has 1 aromatic heterocycles. The summed E-state index contributed by atoms with van der Waals surface area (Å²) in [5.74, 6) is -0.0486. The monoisotopic (exact) mass is 406 g/mol. The molecule has 154 valence electrons. The molecule has 0 spiro atoms. The van der Waals surface area contributed by atoms with Crippen molar-refractivity contribution < 1.29 is 14.4 Å². The molecule has 3 rings (SSSR count). The quantitative estimate of drug-likeness (QED) is 0.702. The first-order valence-electron chi connectivity index (χ1n) is 10.2. The maximum atomic E-state index is 12.7. The Bertz CT molecular complexity index is 691. The van der Waals surface area contributed by atoms with E-state index in [-0.39, 0.29) is 23.9 Å². The molecule has 0 bridgehead atoms. The number of amides is 4. The largest absolute Gasteiger partial charge is 0.351 e. The molecule has 2 fully saturated rings. The summed E-state index contributed by atoms with van der Waals surface area (Å²) in [4.78, 5) is 39.4. The summed E-state index contributed by atoms with van der Waals surface area (Å²) in [5.41, 5.74) is 0. The van der Waals surface area contributed by atoms with E-state index in [1.54, 1.807) is 0 Å². The van der Waals surface area contributed by atoms with Crippen molar-refractivity contribution in [3.8, 4) is 0 Å². The lowest BCUT2D eigenvalue weighted by molar-refractivity contribution is -0.119. The Morgan fingerprint density at radius 3 is 2.29 bits per heavy atom. The van der Waals surface area contributed by atoms with Crippen LogP contribution < -0.4 is 16.0 Å². The average Bonchev–Trinajstić information content (AvgIpc) is 3.16. The van der Waals surface area contributed by atoms with Gasteiger partial charge in [-0.2, -0.15) is 0 Å². The molecule has 1 saturated heterocycles. The van der Waals surface area contributed by atoms with Crippen LogP contribution in [0.2, 0.25) is 0 Å². The predicted molar refractivity (Wildman–Crippen MR) is 109 cm³/mol. The van der Waals surface area contributed by atoms with E-state index in [2.05, 4.69) is 16.0 Å². The zero-order chi connectivity index (χ0) is 19.9. The minimum absolute atomic E-state index is 0.0317. The lowest BCUT2D eigenvalue weighted by Gasteiger charge is -2.32. The van der Waals surface area contributed by atoms with Gasteiger partial charge in [-0.1, -0.05) is 19.3 Å². The van der Waals surface area contributed by atoms with E-state index in [1.807, 2.05) is 17.0 Å². The maximum absolute atomic E-state index is 12.7. The molecular formula is C20H30N4O3S. The molecule has 7 nitrogen and oxygen atoms in total. The van der Waals surface area contributed by atoms with Gasteiger partial charge in [-0.3, -0.25) is 9.59 Å². The van der Waals surface area contributed by atoms with Crippen molar-refractivity contribution >= 4 is 29.2 Å². The van der Waals surface area contributed by atoms with Crippen LogP contribution in [0, 0.1) is 0 Å². The highest BCUT2D eigenvalue weighted by atomic mass is 32.1. The fraction of sp³-hybridized carbons (Fsp3) is 0.650. The normalized spacial score (nSPS) is 18.5. The van der Waals surface area contributed by atoms with Gasteiger partial charge in [0, 0.05) is 37.0 Å². The van der Waals surface area contributed by atoms with E-state index in [0.29, 0.717) is 30.6 Å². The van der Waals surface area contributed by atoms with Gasteiger partial charge < -0.3 is 20.9 Å². The van der Waals surface area contributed by atoms with E-state index >= 15 is 0 Å². The molecule has 0 atom stereocenters. The van der Waals surface area contributed by atoms with Crippen LogP contribution in [0.1, 0.15) is 66.4 Å². The van der Waals surface area contributed by atoms with E-state index < -0.39 is 0 Å². The molecule has 0 radical (unpaired) electrons. The molecule has 0 unspecified atom stereocenters. The third kappa shape index (κ3) is 5.95. The summed E-state index contributed by atoms with van der Waals surface area (Å²) in [5, 5.41) is 8.91. The third-order valence-corrected chi connectivity index (χ3v) is 6.52. The number of rotatable bonds is 5. The van der Waals surface area contributed by atoms with Crippen LogP contribution in [-0.2, 0) is 11.3 Å². The number of hydrogen-bond acceptors (Lipinski definition) is 4. The average molecular weight is 407 g/mol. The van der Waals surface area contributed by atoms with Crippen molar-refractivity contribution in [2.75, 3.05) is 13.1 Å². The van der Waals surface area contributed by atoms with Gasteiger partial charge in [0.05, 0.1) is 11.4 Å². The van der Waals surface area contributed by atoms with Gasteiger partial charge in [0.25, 0.3) is 5.91 Å². The number of piperidine rings is 1. The second-order valence-electron chi connectivity index (χ2n) is 7.69. The Morgan fingerprint density at radius 1 is 1.00 bits per heavy atom. The molecule has 4 amide bonds. The summed E-state index contributed by atoms with van der Waals surface area (Å²) in [6.07, 6.45) is 7.35. The summed E-state index contributed by atoms with van der Waals surface area (Å²) in [7, 11) is 0. The van der Waals surface area contributed by atoms with E-state index in [4.69, 9.17) is 0 Å². The Balaban J connectivity index is 1.41. The number of likely N-dealkylation sites (tertiary alicyclic amines) is 1. The van der Waals surface area contributed by atoms with Crippen LogP contribution in [0.5, 0.6) is 0 Å². The van der Waals surface area contributed by atoms with Gasteiger partial charge >= 0.3 is 6.03 Å². The summed E-state index contributed by atoms with van der Waals surface area (Å²) < 4.78 is 0. The number of hydrogen-bond donors (Lipinski definition) is 3. The molecule has 1 aliphatic carbocycles. The highest BCUT2D eigenvalue weighted by molar-refractivity contribution is 7.14. The Kier molecular flexibility index (Phi) is 7.30. The van der Waals surface area contributed by atoms with Gasteiger partial charge in [0.1, 0.15) is 0 Å². The topological polar surface area (TPSA) is 90.5 Å². The summed E-state index contributed by atoms with van der Waals surface area (Å²) in [6, 6.07) is 4.06. The first kappa shape index (κ1) is 20.6. The Hall–Kier alpha value is -2.09. The lowest BCUT2D eigenvalue weighted by Crippen LogP contribution is -2.51. The molecule has 0 aromatic carbocycles. The summed E-state index contributed by atoms with van der Waals surface area (Å²) in [6.45, 7) is 3.22. The van der Waals surface area contributed by atoms with E-state index in [1.165, 1.54) is 37.5 Å². The molecule has 8 heteroatoms. The number of thiophene rings is 1. The lowest BCUT2D eigenvalue weighted by atomic mass is 9.96. The third-order valence-electron chi connectivity index (χ3n) is 5.44. The van der Waals surface area contributed by atoms with Crippen molar-refractivity contribution in [1.29, 1.82) is 0 Å². The molecular weight excluding hydrogens is 376 g/mol. The van der Waals surface area contributed by atoms with Crippen molar-refractivity contribution in [2.24, 2.45) is 0 Å². The van der Waals surface area contributed by atoms with Crippen LogP contribution in [0.3, 0.4) is 0 Å². The minimum atomic E-state index is -0.0802. The highest BCUT2D eigenvalue weighted by Crippen LogP contribution is 2.21. The molecule has 2 heterocycles. The number of nitrogens with one attached hydrogen (secondary N) is 3. The zero-order valence-electron chi connectivity index (χ0n) is 16.5. The molecule has 1 aromatic rings. The second-order valence-corrected chi connectivity index (χ2v) is 8.86. The van der Waals surface area contributed by atoms with Crippen LogP contribution in [0.15, 0.2) is 12.1 Å². The minimum Gasteiger partial charge on any atom is -0.351 e.